The Bertz CT molecular complexity index is 636. The maximum absolute atomic E-state index is 13.6. The zero-order chi connectivity index (χ0) is 18.9. The van der Waals surface area contributed by atoms with E-state index < -0.39 is 0 Å². The van der Waals surface area contributed by atoms with E-state index in [9.17, 15) is 9.18 Å². The summed E-state index contributed by atoms with van der Waals surface area (Å²) < 4.78 is 18.8. The van der Waals surface area contributed by atoms with E-state index in [0.29, 0.717) is 30.1 Å². The number of likely N-dealkylation sites (tertiary alicyclic amines) is 1. The Balaban J connectivity index is 1.84. The van der Waals surface area contributed by atoms with Crippen LogP contribution >= 0.6 is 0 Å². The molecule has 0 aliphatic carbocycles. The second-order valence-electron chi connectivity index (χ2n) is 6.51. The normalized spacial score (nSPS) is 17.5. The number of nitrogens with one attached hydrogen (secondary N) is 2. The molecule has 0 bridgehead atoms. The van der Waals surface area contributed by atoms with E-state index in [-0.39, 0.29) is 11.7 Å². The topological polar surface area (TPSA) is 66.0 Å². The fourth-order valence-electron chi connectivity index (χ4n) is 2.99. The van der Waals surface area contributed by atoms with E-state index in [0.717, 1.165) is 38.6 Å². The average molecular weight is 364 g/mol. The number of aliphatic imine (C=N–C) groups is 1. The minimum absolute atomic E-state index is 0.287. The predicted molar refractivity (Wildman–Crippen MR) is 101 cm³/mol. The standard InChI is InChI=1S/C19H29FN4O2/c1-4-21-19(24-10-7-15(12-24)13-26-3)23-9-8-22-18(25)16-6-5-14(2)17(20)11-16/h5-6,11,15H,4,7-10,12-13H2,1-3H3,(H,21,23)(H,22,25). The van der Waals surface area contributed by atoms with Crippen LogP contribution in [0, 0.1) is 18.7 Å². The van der Waals surface area contributed by atoms with Crippen LogP contribution in [0.15, 0.2) is 23.2 Å². The summed E-state index contributed by atoms with van der Waals surface area (Å²) in [5.41, 5.74) is 0.852. The molecule has 1 saturated heterocycles. The third kappa shape index (κ3) is 5.69. The molecule has 1 aromatic rings. The van der Waals surface area contributed by atoms with Gasteiger partial charge in [-0.1, -0.05) is 6.07 Å². The summed E-state index contributed by atoms with van der Waals surface area (Å²) in [5.74, 6) is 0.733. The van der Waals surface area contributed by atoms with Crippen LogP contribution in [0.5, 0.6) is 0 Å². The molecule has 144 valence electrons. The summed E-state index contributed by atoms with van der Waals surface area (Å²) in [5, 5.41) is 6.08. The fraction of sp³-hybridized carbons (Fsp3) is 0.579. The van der Waals surface area contributed by atoms with Crippen molar-refractivity contribution in [3.63, 3.8) is 0 Å². The van der Waals surface area contributed by atoms with E-state index >= 15 is 0 Å². The van der Waals surface area contributed by atoms with Crippen molar-refractivity contribution in [3.8, 4) is 0 Å². The number of rotatable bonds is 7. The molecule has 6 nitrogen and oxygen atoms in total. The van der Waals surface area contributed by atoms with Gasteiger partial charge >= 0.3 is 0 Å². The second kappa shape index (κ2) is 10.1. The lowest BCUT2D eigenvalue weighted by Crippen LogP contribution is -2.40. The maximum Gasteiger partial charge on any atom is 0.251 e. The number of nitrogens with zero attached hydrogens (tertiary/aromatic N) is 2. The van der Waals surface area contributed by atoms with Gasteiger partial charge in [-0.25, -0.2) is 4.39 Å². The first-order chi connectivity index (χ1) is 12.5. The minimum Gasteiger partial charge on any atom is -0.384 e. The highest BCUT2D eigenvalue weighted by Gasteiger charge is 2.24. The van der Waals surface area contributed by atoms with Gasteiger partial charge in [0.05, 0.1) is 13.2 Å². The first-order valence-corrected chi connectivity index (χ1v) is 9.11. The molecule has 0 aromatic heterocycles. The van der Waals surface area contributed by atoms with Crippen molar-refractivity contribution < 1.29 is 13.9 Å². The Hall–Kier alpha value is -2.15. The zero-order valence-corrected chi connectivity index (χ0v) is 15.8. The Labute approximate surface area is 154 Å². The molecule has 1 unspecified atom stereocenters. The maximum atomic E-state index is 13.6. The molecule has 0 spiro atoms. The van der Waals surface area contributed by atoms with Gasteiger partial charge in [0.1, 0.15) is 5.82 Å². The molecule has 1 fully saturated rings. The molecule has 1 amide bonds. The largest absolute Gasteiger partial charge is 0.384 e. The highest BCUT2D eigenvalue weighted by molar-refractivity contribution is 5.94. The van der Waals surface area contributed by atoms with Gasteiger partial charge in [0.25, 0.3) is 5.91 Å². The third-order valence-electron chi connectivity index (χ3n) is 4.42. The summed E-state index contributed by atoms with van der Waals surface area (Å²) in [7, 11) is 1.73. The molecular formula is C19H29FN4O2. The molecular weight excluding hydrogens is 335 g/mol. The summed E-state index contributed by atoms with van der Waals surface area (Å²) in [6.45, 7) is 8.00. The lowest BCUT2D eigenvalue weighted by Gasteiger charge is -2.21. The van der Waals surface area contributed by atoms with Crippen LogP contribution in [0.4, 0.5) is 4.39 Å². The second-order valence-corrected chi connectivity index (χ2v) is 6.51. The van der Waals surface area contributed by atoms with Crippen molar-refractivity contribution >= 4 is 11.9 Å². The summed E-state index contributed by atoms with van der Waals surface area (Å²) >= 11 is 0. The smallest absolute Gasteiger partial charge is 0.251 e. The van der Waals surface area contributed by atoms with Crippen molar-refractivity contribution in [2.75, 3.05) is 46.4 Å². The van der Waals surface area contributed by atoms with Crippen molar-refractivity contribution in [3.05, 3.63) is 35.1 Å². The Morgan fingerprint density at radius 1 is 1.42 bits per heavy atom. The summed E-state index contributed by atoms with van der Waals surface area (Å²) in [6, 6.07) is 4.49. The molecule has 0 radical (unpaired) electrons. The van der Waals surface area contributed by atoms with Crippen LogP contribution in [0.1, 0.15) is 29.3 Å². The number of amides is 1. The van der Waals surface area contributed by atoms with Gasteiger partial charge in [-0.2, -0.15) is 0 Å². The van der Waals surface area contributed by atoms with E-state index in [1.165, 1.54) is 6.07 Å². The van der Waals surface area contributed by atoms with Gasteiger partial charge in [0, 0.05) is 44.8 Å². The number of carbonyl (C=O) groups is 1. The Morgan fingerprint density at radius 3 is 2.92 bits per heavy atom. The van der Waals surface area contributed by atoms with E-state index in [1.807, 2.05) is 6.92 Å². The molecule has 1 heterocycles. The molecule has 7 heteroatoms. The van der Waals surface area contributed by atoms with Crippen molar-refractivity contribution in [1.82, 2.24) is 15.5 Å². The third-order valence-corrected chi connectivity index (χ3v) is 4.42. The van der Waals surface area contributed by atoms with Crippen LogP contribution in [0.2, 0.25) is 0 Å². The molecule has 1 aliphatic heterocycles. The van der Waals surface area contributed by atoms with Crippen LogP contribution in [0.3, 0.4) is 0 Å². The van der Waals surface area contributed by atoms with E-state index in [4.69, 9.17) is 4.74 Å². The monoisotopic (exact) mass is 364 g/mol. The SMILES string of the molecule is CCNC(=NCCNC(=O)c1ccc(C)c(F)c1)N1CCC(COC)C1. The first-order valence-electron chi connectivity index (χ1n) is 9.11. The summed E-state index contributed by atoms with van der Waals surface area (Å²) in [6.07, 6.45) is 1.09. The predicted octanol–water partition coefficient (Wildman–Crippen LogP) is 1.80. The number of guanidine groups is 1. The molecule has 0 saturated carbocycles. The Morgan fingerprint density at radius 2 is 2.23 bits per heavy atom. The van der Waals surface area contributed by atoms with Crippen LogP contribution < -0.4 is 10.6 Å². The lowest BCUT2D eigenvalue weighted by molar-refractivity contribution is 0.0954. The van der Waals surface area contributed by atoms with Crippen LogP contribution in [0.25, 0.3) is 0 Å². The number of methoxy groups -OCH3 is 1. The lowest BCUT2D eigenvalue weighted by atomic mass is 10.1. The van der Waals surface area contributed by atoms with Gasteiger partial charge in [0.15, 0.2) is 5.96 Å². The van der Waals surface area contributed by atoms with Crippen molar-refractivity contribution in [2.24, 2.45) is 10.9 Å². The van der Waals surface area contributed by atoms with Crippen LogP contribution in [-0.2, 0) is 4.74 Å². The number of hydrogen-bond donors (Lipinski definition) is 2. The van der Waals surface area contributed by atoms with Crippen LogP contribution in [-0.4, -0.2) is 63.2 Å². The van der Waals surface area contributed by atoms with Gasteiger partial charge in [0.2, 0.25) is 0 Å². The minimum atomic E-state index is -0.371. The molecule has 2 N–H and O–H groups in total. The number of hydrogen-bond acceptors (Lipinski definition) is 3. The molecule has 2 rings (SSSR count). The number of benzene rings is 1. The number of aryl methyl sites for hydroxylation is 1. The van der Waals surface area contributed by atoms with Gasteiger partial charge in [-0.3, -0.25) is 9.79 Å². The first kappa shape index (κ1) is 20.2. The van der Waals surface area contributed by atoms with Crippen molar-refractivity contribution in [1.29, 1.82) is 0 Å². The quantitative estimate of drug-likeness (QED) is 0.440. The average Bonchev–Trinajstić information content (AvgIpc) is 3.08. The Kier molecular flexibility index (Phi) is 7.84. The molecule has 26 heavy (non-hydrogen) atoms. The number of ether oxygens (including phenoxy) is 1. The highest BCUT2D eigenvalue weighted by Crippen LogP contribution is 2.16. The number of carbonyl (C=O) groups excluding carboxylic acids is 1. The molecule has 1 atom stereocenters. The zero-order valence-electron chi connectivity index (χ0n) is 15.8. The van der Waals surface area contributed by atoms with Gasteiger partial charge < -0.3 is 20.3 Å². The molecule has 1 aromatic carbocycles. The highest BCUT2D eigenvalue weighted by atomic mass is 19.1. The van der Waals surface area contributed by atoms with Gasteiger partial charge in [-0.15, -0.1) is 0 Å². The van der Waals surface area contributed by atoms with Crippen molar-refractivity contribution in [2.45, 2.75) is 20.3 Å². The van der Waals surface area contributed by atoms with E-state index in [2.05, 4.69) is 20.5 Å². The van der Waals surface area contributed by atoms with E-state index in [1.54, 1.807) is 26.2 Å². The molecule has 1 aliphatic rings. The number of halogens is 1. The summed E-state index contributed by atoms with van der Waals surface area (Å²) in [4.78, 5) is 18.9. The van der Waals surface area contributed by atoms with Gasteiger partial charge in [-0.05, 0) is 38.0 Å². The fourth-order valence-corrected chi connectivity index (χ4v) is 2.99.